The molecule has 0 spiro atoms. The molecule has 1 saturated heterocycles. The van der Waals surface area contributed by atoms with E-state index in [-0.39, 0.29) is 29.6 Å². The number of imide groups is 1. The van der Waals surface area contributed by atoms with E-state index < -0.39 is 6.04 Å². The van der Waals surface area contributed by atoms with Gasteiger partial charge in [-0.05, 0) is 43.4 Å². The smallest absolute Gasteiger partial charge is 0.247 e. The second kappa shape index (κ2) is 6.82. The lowest BCUT2D eigenvalue weighted by Crippen LogP contribution is -2.46. The van der Waals surface area contributed by atoms with Gasteiger partial charge in [0, 0.05) is 5.69 Å². The molecule has 132 valence electrons. The highest BCUT2D eigenvalue weighted by Crippen LogP contribution is 2.36. The molecule has 3 atom stereocenters. The van der Waals surface area contributed by atoms with Gasteiger partial charge in [0.25, 0.3) is 0 Å². The zero-order valence-electron chi connectivity index (χ0n) is 14.9. The Hall–Kier alpha value is -2.43. The van der Waals surface area contributed by atoms with Crippen molar-refractivity contribution in [1.29, 1.82) is 0 Å². The van der Waals surface area contributed by atoms with Crippen LogP contribution < -0.4 is 5.32 Å². The van der Waals surface area contributed by atoms with Crippen LogP contribution in [0.25, 0.3) is 0 Å². The fourth-order valence-electron chi connectivity index (χ4n) is 3.52. The Kier molecular flexibility index (Phi) is 4.75. The second-order valence-corrected chi connectivity index (χ2v) is 7.14. The molecule has 1 heterocycles. The average Bonchev–Trinajstić information content (AvgIpc) is 2.86. The van der Waals surface area contributed by atoms with Crippen molar-refractivity contribution < 1.29 is 14.4 Å². The van der Waals surface area contributed by atoms with Crippen molar-refractivity contribution in [3.05, 3.63) is 42.0 Å². The maximum Gasteiger partial charge on any atom is 0.247 e. The van der Waals surface area contributed by atoms with Crippen LogP contribution in [0.4, 0.5) is 5.69 Å². The Bertz CT molecular complexity index is 695. The number of nitrogens with zero attached hydrogens (tertiary/aromatic N) is 1. The van der Waals surface area contributed by atoms with Crippen molar-refractivity contribution >= 4 is 23.4 Å². The maximum absolute atomic E-state index is 12.6. The normalized spacial score (nSPS) is 23.8. The third-order valence-electron chi connectivity index (χ3n) is 5.15. The van der Waals surface area contributed by atoms with Gasteiger partial charge in [-0.3, -0.25) is 19.3 Å². The fraction of sp³-hybridized carbons (Fsp3) is 0.450. The zero-order valence-corrected chi connectivity index (χ0v) is 14.9. The number of amides is 3. The number of hydrogen-bond donors (Lipinski definition) is 1. The van der Waals surface area contributed by atoms with Crippen molar-refractivity contribution in [3.63, 3.8) is 0 Å². The van der Waals surface area contributed by atoms with Gasteiger partial charge in [0.15, 0.2) is 0 Å². The molecule has 0 saturated carbocycles. The van der Waals surface area contributed by atoms with Gasteiger partial charge in [-0.2, -0.15) is 0 Å². The van der Waals surface area contributed by atoms with Crippen LogP contribution in [-0.2, 0) is 14.4 Å². The van der Waals surface area contributed by atoms with Gasteiger partial charge in [0.2, 0.25) is 17.7 Å². The van der Waals surface area contributed by atoms with Crippen LogP contribution in [0.1, 0.15) is 45.1 Å². The van der Waals surface area contributed by atoms with Crippen molar-refractivity contribution in [2.24, 2.45) is 11.8 Å². The number of hydrogen-bond acceptors (Lipinski definition) is 3. The number of benzene rings is 1. The molecule has 25 heavy (non-hydrogen) atoms. The first-order chi connectivity index (χ1) is 11.9. The van der Waals surface area contributed by atoms with E-state index in [0.717, 1.165) is 4.90 Å². The lowest BCUT2D eigenvalue weighted by atomic mass is 9.85. The minimum Gasteiger partial charge on any atom is -0.324 e. The molecular formula is C20H24N2O3. The fourth-order valence-corrected chi connectivity index (χ4v) is 3.52. The summed E-state index contributed by atoms with van der Waals surface area (Å²) in [4.78, 5) is 38.8. The van der Waals surface area contributed by atoms with Crippen LogP contribution in [0, 0.1) is 11.8 Å². The Morgan fingerprint density at radius 2 is 1.52 bits per heavy atom. The summed E-state index contributed by atoms with van der Waals surface area (Å²) in [5.41, 5.74) is 1.85. The Morgan fingerprint density at radius 3 is 2.00 bits per heavy atom. The third-order valence-corrected chi connectivity index (χ3v) is 5.15. The van der Waals surface area contributed by atoms with Crippen molar-refractivity contribution in [2.75, 3.05) is 5.32 Å². The molecule has 0 bridgehead atoms. The molecule has 1 N–H and O–H groups in total. The van der Waals surface area contributed by atoms with E-state index >= 15 is 0 Å². The molecule has 0 unspecified atom stereocenters. The van der Waals surface area contributed by atoms with Gasteiger partial charge in [0.05, 0.1) is 11.8 Å². The van der Waals surface area contributed by atoms with E-state index in [0.29, 0.717) is 24.4 Å². The molecule has 5 nitrogen and oxygen atoms in total. The summed E-state index contributed by atoms with van der Waals surface area (Å²) in [7, 11) is 0. The van der Waals surface area contributed by atoms with Gasteiger partial charge in [-0.25, -0.2) is 0 Å². The second-order valence-electron chi connectivity index (χ2n) is 7.14. The van der Waals surface area contributed by atoms with E-state index in [1.54, 1.807) is 6.92 Å². The molecule has 1 aromatic carbocycles. The van der Waals surface area contributed by atoms with Crippen molar-refractivity contribution in [1.82, 2.24) is 4.90 Å². The molecular weight excluding hydrogens is 316 g/mol. The number of carbonyl (C=O) groups excluding carboxylic acids is 3. The van der Waals surface area contributed by atoms with E-state index in [1.807, 2.05) is 36.4 Å². The molecule has 0 radical (unpaired) electrons. The minimum absolute atomic E-state index is 0.225. The van der Waals surface area contributed by atoms with Crippen LogP contribution in [0.3, 0.4) is 0 Å². The minimum atomic E-state index is -0.810. The van der Waals surface area contributed by atoms with Crippen molar-refractivity contribution in [3.8, 4) is 0 Å². The van der Waals surface area contributed by atoms with Crippen LogP contribution in [0.15, 0.2) is 36.4 Å². The number of allylic oxidation sites excluding steroid dienone is 2. The molecule has 0 aromatic heterocycles. The Labute approximate surface area is 148 Å². The van der Waals surface area contributed by atoms with Gasteiger partial charge >= 0.3 is 0 Å². The standard InChI is InChI=1S/C20H24N2O3/c1-12(2)14-8-10-15(11-9-14)21-18(23)13(3)22-19(24)16-6-4-5-7-17(16)20(22)25/h4-5,8-13,16-17H,6-7H2,1-3H3,(H,21,23)/t13-,16-,17+/m0/s1. The molecule has 1 fully saturated rings. The lowest BCUT2D eigenvalue weighted by molar-refractivity contribution is -0.146. The summed E-state index contributed by atoms with van der Waals surface area (Å²) in [6, 6.07) is 6.82. The third kappa shape index (κ3) is 3.23. The van der Waals surface area contributed by atoms with Gasteiger partial charge in [-0.15, -0.1) is 0 Å². The number of anilines is 1. The van der Waals surface area contributed by atoms with E-state index in [1.165, 1.54) is 5.56 Å². The van der Waals surface area contributed by atoms with Crippen LogP contribution >= 0.6 is 0 Å². The molecule has 1 aromatic rings. The first-order valence-electron chi connectivity index (χ1n) is 8.83. The van der Waals surface area contributed by atoms with Crippen LogP contribution in [0.5, 0.6) is 0 Å². The summed E-state index contributed by atoms with van der Waals surface area (Å²) in [5.74, 6) is -0.989. The lowest BCUT2D eigenvalue weighted by Gasteiger charge is -2.22. The number of rotatable bonds is 4. The highest BCUT2D eigenvalue weighted by Gasteiger charge is 2.50. The predicted octanol–water partition coefficient (Wildman–Crippen LogP) is 3.09. The maximum atomic E-state index is 12.6. The van der Waals surface area contributed by atoms with Gasteiger partial charge in [0.1, 0.15) is 6.04 Å². The summed E-state index contributed by atoms with van der Waals surface area (Å²) in [6.45, 7) is 5.82. The van der Waals surface area contributed by atoms with E-state index in [9.17, 15) is 14.4 Å². The number of likely N-dealkylation sites (tertiary alicyclic amines) is 1. The summed E-state index contributed by atoms with van der Waals surface area (Å²) in [6.07, 6.45) is 5.04. The van der Waals surface area contributed by atoms with E-state index in [4.69, 9.17) is 0 Å². The van der Waals surface area contributed by atoms with Crippen LogP contribution in [0.2, 0.25) is 0 Å². The zero-order chi connectivity index (χ0) is 18.1. The quantitative estimate of drug-likeness (QED) is 0.676. The predicted molar refractivity (Wildman–Crippen MR) is 95.8 cm³/mol. The SMILES string of the molecule is CC(C)c1ccc(NC(=O)[C@H](C)N2C(=O)[C@H]3CC=CC[C@H]3C2=O)cc1. The Balaban J connectivity index is 1.70. The van der Waals surface area contributed by atoms with Gasteiger partial charge in [-0.1, -0.05) is 38.1 Å². The van der Waals surface area contributed by atoms with Gasteiger partial charge < -0.3 is 5.32 Å². The monoisotopic (exact) mass is 340 g/mol. The van der Waals surface area contributed by atoms with Crippen molar-refractivity contribution in [2.45, 2.75) is 45.6 Å². The Morgan fingerprint density at radius 1 is 1.00 bits per heavy atom. The average molecular weight is 340 g/mol. The van der Waals surface area contributed by atoms with E-state index in [2.05, 4.69) is 19.2 Å². The molecule has 5 heteroatoms. The summed E-state index contributed by atoms with van der Waals surface area (Å²) in [5, 5.41) is 2.81. The summed E-state index contributed by atoms with van der Waals surface area (Å²) < 4.78 is 0. The first kappa shape index (κ1) is 17.4. The summed E-state index contributed by atoms with van der Waals surface area (Å²) >= 11 is 0. The number of nitrogens with one attached hydrogen (secondary N) is 1. The molecule has 3 amide bonds. The molecule has 2 aliphatic rings. The molecule has 3 rings (SSSR count). The topological polar surface area (TPSA) is 66.5 Å². The molecule has 1 aliphatic carbocycles. The highest BCUT2D eigenvalue weighted by atomic mass is 16.2. The first-order valence-corrected chi connectivity index (χ1v) is 8.83. The molecule has 1 aliphatic heterocycles. The highest BCUT2D eigenvalue weighted by molar-refractivity contribution is 6.10. The van der Waals surface area contributed by atoms with Crippen LogP contribution in [-0.4, -0.2) is 28.7 Å². The number of fused-ring (bicyclic) bond motifs is 1. The largest absolute Gasteiger partial charge is 0.324 e. The number of carbonyl (C=O) groups is 3.